The molecule has 0 heterocycles. The fourth-order valence-electron chi connectivity index (χ4n) is 5.68. The van der Waals surface area contributed by atoms with Crippen molar-refractivity contribution in [2.45, 2.75) is 181 Å². The minimum Gasteiger partial charge on any atom is -0.465 e. The zero-order valence-corrected chi connectivity index (χ0v) is 25.6. The highest BCUT2D eigenvalue weighted by Gasteiger charge is 2.31. The standard InChI is InChI=1S/C34H64O4/c1-3-5-7-9-11-13-15-17-19-21-23-29-37-33(35)31-25-27-32(28-26-31)34(36)38-30-24-22-20-18-16-14-12-10-8-6-4-2/h31-32H,3-30H2,1-2H3. The number of hydrogen-bond donors (Lipinski definition) is 0. The SMILES string of the molecule is CCCCCCCCCCCCCOC(=O)C1CCC(C(=O)OCCCCCCCCCCCCC)CC1. The Balaban J connectivity index is 1.91. The predicted molar refractivity (Wildman–Crippen MR) is 160 cm³/mol. The lowest BCUT2D eigenvalue weighted by Gasteiger charge is -2.26. The van der Waals surface area contributed by atoms with Gasteiger partial charge in [-0.05, 0) is 38.5 Å². The molecule has 0 N–H and O–H groups in total. The van der Waals surface area contributed by atoms with Gasteiger partial charge < -0.3 is 9.47 Å². The lowest BCUT2D eigenvalue weighted by molar-refractivity contribution is -0.155. The van der Waals surface area contributed by atoms with Crippen molar-refractivity contribution in [2.24, 2.45) is 11.8 Å². The van der Waals surface area contributed by atoms with Crippen molar-refractivity contribution in [2.75, 3.05) is 13.2 Å². The molecule has 0 unspecified atom stereocenters. The normalized spacial score (nSPS) is 17.4. The minimum absolute atomic E-state index is 0.0293. The molecular weight excluding hydrogens is 472 g/mol. The highest BCUT2D eigenvalue weighted by Crippen LogP contribution is 2.30. The van der Waals surface area contributed by atoms with Crippen LogP contribution in [0.4, 0.5) is 0 Å². The maximum absolute atomic E-state index is 12.4. The molecule has 0 aromatic rings. The summed E-state index contributed by atoms with van der Waals surface area (Å²) in [6, 6.07) is 0. The molecule has 4 heteroatoms. The average molecular weight is 537 g/mol. The van der Waals surface area contributed by atoms with Crippen LogP contribution < -0.4 is 0 Å². The number of rotatable bonds is 26. The fraction of sp³-hybridized carbons (Fsp3) is 0.941. The van der Waals surface area contributed by atoms with Crippen LogP contribution in [0.5, 0.6) is 0 Å². The van der Waals surface area contributed by atoms with Gasteiger partial charge in [0, 0.05) is 0 Å². The third-order valence-corrected chi connectivity index (χ3v) is 8.38. The highest BCUT2D eigenvalue weighted by molar-refractivity contribution is 5.75. The molecule has 0 spiro atoms. The molecule has 0 aliphatic heterocycles. The molecule has 1 aliphatic carbocycles. The van der Waals surface area contributed by atoms with Crippen LogP contribution in [0, 0.1) is 11.8 Å². The van der Waals surface area contributed by atoms with E-state index in [4.69, 9.17) is 9.47 Å². The van der Waals surface area contributed by atoms with Crippen molar-refractivity contribution in [3.05, 3.63) is 0 Å². The molecule has 0 radical (unpaired) electrons. The van der Waals surface area contributed by atoms with Crippen molar-refractivity contribution < 1.29 is 19.1 Å². The first-order chi connectivity index (χ1) is 18.7. The van der Waals surface area contributed by atoms with Crippen molar-refractivity contribution in [1.29, 1.82) is 0 Å². The third kappa shape index (κ3) is 19.9. The van der Waals surface area contributed by atoms with Gasteiger partial charge in [0.2, 0.25) is 0 Å². The van der Waals surface area contributed by atoms with Gasteiger partial charge in [-0.15, -0.1) is 0 Å². The lowest BCUT2D eigenvalue weighted by atomic mass is 9.82. The molecule has 38 heavy (non-hydrogen) atoms. The summed E-state index contributed by atoms with van der Waals surface area (Å²) in [4.78, 5) is 24.8. The second-order valence-corrected chi connectivity index (χ2v) is 12.0. The van der Waals surface area contributed by atoms with E-state index in [0.29, 0.717) is 13.2 Å². The van der Waals surface area contributed by atoms with E-state index >= 15 is 0 Å². The smallest absolute Gasteiger partial charge is 0.308 e. The Labute approximate surface area is 236 Å². The van der Waals surface area contributed by atoms with Crippen LogP contribution in [0.15, 0.2) is 0 Å². The zero-order valence-electron chi connectivity index (χ0n) is 25.6. The van der Waals surface area contributed by atoms with Crippen molar-refractivity contribution >= 4 is 11.9 Å². The summed E-state index contributed by atoms with van der Waals surface area (Å²) in [5, 5.41) is 0. The van der Waals surface area contributed by atoms with Crippen LogP contribution in [-0.2, 0) is 19.1 Å². The number of esters is 2. The summed E-state index contributed by atoms with van der Waals surface area (Å²) in [5.74, 6) is -0.161. The summed E-state index contributed by atoms with van der Waals surface area (Å²) in [7, 11) is 0. The zero-order chi connectivity index (χ0) is 27.5. The maximum atomic E-state index is 12.4. The average Bonchev–Trinajstić information content (AvgIpc) is 2.94. The molecular formula is C34H64O4. The summed E-state index contributed by atoms with van der Waals surface area (Å²) in [6.45, 7) is 5.64. The van der Waals surface area contributed by atoms with Crippen LogP contribution in [0.2, 0.25) is 0 Å². The molecule has 1 fully saturated rings. The molecule has 224 valence electrons. The Morgan fingerprint density at radius 1 is 0.421 bits per heavy atom. The van der Waals surface area contributed by atoms with Crippen LogP contribution in [-0.4, -0.2) is 25.2 Å². The Hall–Kier alpha value is -1.06. The maximum Gasteiger partial charge on any atom is 0.308 e. The van der Waals surface area contributed by atoms with Crippen LogP contribution in [0.3, 0.4) is 0 Å². The Morgan fingerprint density at radius 3 is 0.921 bits per heavy atom. The molecule has 0 saturated heterocycles. The predicted octanol–water partition coefficient (Wildman–Crippen LogP) is 10.5. The van der Waals surface area contributed by atoms with Gasteiger partial charge >= 0.3 is 11.9 Å². The van der Waals surface area contributed by atoms with Crippen LogP contribution >= 0.6 is 0 Å². The van der Waals surface area contributed by atoms with Gasteiger partial charge in [-0.25, -0.2) is 0 Å². The van der Waals surface area contributed by atoms with E-state index in [1.54, 1.807) is 0 Å². The Kier molecular flexibility index (Phi) is 24.1. The molecule has 0 amide bonds. The Morgan fingerprint density at radius 2 is 0.658 bits per heavy atom. The first kappa shape index (κ1) is 35.0. The fourth-order valence-corrected chi connectivity index (χ4v) is 5.68. The monoisotopic (exact) mass is 536 g/mol. The van der Waals surface area contributed by atoms with Crippen LogP contribution in [0.1, 0.15) is 181 Å². The van der Waals surface area contributed by atoms with Crippen molar-refractivity contribution in [3.8, 4) is 0 Å². The summed E-state index contributed by atoms with van der Waals surface area (Å²) in [5.41, 5.74) is 0. The van der Waals surface area contributed by atoms with Crippen molar-refractivity contribution in [1.82, 2.24) is 0 Å². The summed E-state index contributed by atoms with van der Waals surface area (Å²) in [6.07, 6.45) is 31.6. The number of ether oxygens (including phenoxy) is 2. The molecule has 0 bridgehead atoms. The second kappa shape index (κ2) is 26.2. The van der Waals surface area contributed by atoms with Gasteiger partial charge in [-0.1, -0.05) is 142 Å². The van der Waals surface area contributed by atoms with E-state index < -0.39 is 0 Å². The number of unbranched alkanes of at least 4 members (excludes halogenated alkanes) is 20. The van der Waals surface area contributed by atoms with Gasteiger partial charge in [0.1, 0.15) is 0 Å². The highest BCUT2D eigenvalue weighted by atomic mass is 16.5. The van der Waals surface area contributed by atoms with Gasteiger partial charge in [-0.2, -0.15) is 0 Å². The molecule has 0 atom stereocenters. The van der Waals surface area contributed by atoms with Crippen LogP contribution in [0.25, 0.3) is 0 Å². The number of hydrogen-bond acceptors (Lipinski definition) is 4. The third-order valence-electron chi connectivity index (χ3n) is 8.38. The van der Waals surface area contributed by atoms with E-state index in [-0.39, 0.29) is 23.8 Å². The second-order valence-electron chi connectivity index (χ2n) is 12.0. The summed E-state index contributed by atoms with van der Waals surface area (Å²) < 4.78 is 11.1. The van der Waals surface area contributed by atoms with Gasteiger partial charge in [0.15, 0.2) is 0 Å². The van der Waals surface area contributed by atoms with E-state index in [1.807, 2.05) is 0 Å². The minimum atomic E-state index is -0.0511. The topological polar surface area (TPSA) is 52.6 Å². The summed E-state index contributed by atoms with van der Waals surface area (Å²) >= 11 is 0. The quantitative estimate of drug-likeness (QED) is 0.0815. The molecule has 4 nitrogen and oxygen atoms in total. The molecule has 1 aliphatic rings. The Bertz CT molecular complexity index is 491. The lowest BCUT2D eigenvalue weighted by Crippen LogP contribution is -2.28. The first-order valence-corrected chi connectivity index (χ1v) is 17.0. The molecule has 1 rings (SSSR count). The van der Waals surface area contributed by atoms with Gasteiger partial charge in [0.05, 0.1) is 25.0 Å². The first-order valence-electron chi connectivity index (χ1n) is 17.0. The molecule has 0 aromatic heterocycles. The van der Waals surface area contributed by atoms with E-state index in [2.05, 4.69) is 13.8 Å². The van der Waals surface area contributed by atoms with E-state index in [0.717, 1.165) is 51.4 Å². The molecule has 0 aromatic carbocycles. The van der Waals surface area contributed by atoms with E-state index in [9.17, 15) is 9.59 Å². The van der Waals surface area contributed by atoms with Crippen molar-refractivity contribution in [3.63, 3.8) is 0 Å². The number of carbonyl (C=O) groups is 2. The largest absolute Gasteiger partial charge is 0.465 e. The van der Waals surface area contributed by atoms with Gasteiger partial charge in [-0.3, -0.25) is 9.59 Å². The van der Waals surface area contributed by atoms with E-state index in [1.165, 1.54) is 116 Å². The number of carbonyl (C=O) groups excluding carboxylic acids is 2. The molecule has 1 saturated carbocycles. The van der Waals surface area contributed by atoms with Gasteiger partial charge in [0.25, 0.3) is 0 Å².